The topological polar surface area (TPSA) is 38.1 Å². The molecule has 0 fully saturated rings. The third-order valence-electron chi connectivity index (χ3n) is 2.01. The van der Waals surface area contributed by atoms with E-state index in [1.807, 2.05) is 18.2 Å². The molecule has 1 heterocycles. The van der Waals surface area contributed by atoms with Crippen LogP contribution in [0, 0.1) is 0 Å². The zero-order chi connectivity index (χ0) is 10.5. The highest BCUT2D eigenvalue weighted by Gasteiger charge is 1.97. The van der Waals surface area contributed by atoms with Crippen LogP contribution in [0.5, 0.6) is 0 Å². The molecular formula is C11H11BrN2O. The van der Waals surface area contributed by atoms with Crippen LogP contribution in [0.15, 0.2) is 45.5 Å². The van der Waals surface area contributed by atoms with Crippen molar-refractivity contribution in [1.29, 1.82) is 0 Å². The Morgan fingerprint density at radius 1 is 1.27 bits per heavy atom. The molecule has 0 aliphatic heterocycles. The maximum Gasteiger partial charge on any atom is 0.150 e. The van der Waals surface area contributed by atoms with Gasteiger partial charge in [-0.05, 0) is 17.7 Å². The van der Waals surface area contributed by atoms with Crippen molar-refractivity contribution in [2.45, 2.75) is 13.1 Å². The molecule has 15 heavy (non-hydrogen) atoms. The second-order valence-electron chi connectivity index (χ2n) is 3.21. The molecule has 0 radical (unpaired) electrons. The van der Waals surface area contributed by atoms with E-state index >= 15 is 0 Å². The van der Waals surface area contributed by atoms with E-state index in [0.29, 0.717) is 6.54 Å². The number of nitrogens with zero attached hydrogens (tertiary/aromatic N) is 1. The predicted octanol–water partition coefficient (Wildman–Crippen LogP) is 2.73. The molecule has 0 atom stereocenters. The quantitative estimate of drug-likeness (QED) is 0.925. The number of benzene rings is 1. The zero-order valence-electron chi connectivity index (χ0n) is 8.11. The molecule has 2 rings (SSSR count). The average Bonchev–Trinajstić information content (AvgIpc) is 2.71. The van der Waals surface area contributed by atoms with Crippen molar-refractivity contribution in [3.8, 4) is 0 Å². The maximum absolute atomic E-state index is 4.97. The van der Waals surface area contributed by atoms with Crippen LogP contribution in [0.3, 0.4) is 0 Å². The number of hydrogen-bond donors (Lipinski definition) is 1. The van der Waals surface area contributed by atoms with Crippen LogP contribution in [0.4, 0.5) is 0 Å². The summed E-state index contributed by atoms with van der Waals surface area (Å²) in [6, 6.07) is 10.1. The van der Waals surface area contributed by atoms with Crippen molar-refractivity contribution in [2.75, 3.05) is 0 Å². The summed E-state index contributed by atoms with van der Waals surface area (Å²) >= 11 is 3.44. The van der Waals surface area contributed by atoms with Gasteiger partial charge in [0.25, 0.3) is 0 Å². The van der Waals surface area contributed by atoms with Crippen LogP contribution in [-0.4, -0.2) is 5.16 Å². The van der Waals surface area contributed by atoms with Crippen molar-refractivity contribution >= 4 is 15.9 Å². The summed E-state index contributed by atoms with van der Waals surface area (Å²) in [5, 5.41) is 6.92. The number of rotatable bonds is 4. The van der Waals surface area contributed by atoms with Crippen LogP contribution in [0.25, 0.3) is 0 Å². The molecule has 0 aliphatic rings. The summed E-state index contributed by atoms with van der Waals surface area (Å²) in [5.41, 5.74) is 1.24. The lowest BCUT2D eigenvalue weighted by Gasteiger charge is -2.02. The van der Waals surface area contributed by atoms with E-state index in [-0.39, 0.29) is 0 Å². The van der Waals surface area contributed by atoms with E-state index in [0.717, 1.165) is 16.8 Å². The Bertz CT molecular complexity index is 414. The van der Waals surface area contributed by atoms with Gasteiger partial charge in [0.1, 0.15) is 5.76 Å². The van der Waals surface area contributed by atoms with Crippen molar-refractivity contribution in [3.63, 3.8) is 0 Å². The zero-order valence-corrected chi connectivity index (χ0v) is 9.70. The molecule has 0 saturated carbocycles. The summed E-state index contributed by atoms with van der Waals surface area (Å²) in [7, 11) is 0. The molecule has 78 valence electrons. The Labute approximate surface area is 96.6 Å². The Morgan fingerprint density at radius 2 is 2.20 bits per heavy atom. The number of nitrogens with one attached hydrogen (secondary N) is 1. The van der Waals surface area contributed by atoms with Gasteiger partial charge in [0.05, 0.1) is 12.7 Å². The normalized spacial score (nSPS) is 10.5. The smallest absolute Gasteiger partial charge is 0.150 e. The molecule has 0 aliphatic carbocycles. The molecule has 0 spiro atoms. The minimum atomic E-state index is 0.701. The summed E-state index contributed by atoms with van der Waals surface area (Å²) in [6.07, 6.45) is 1.65. The van der Waals surface area contributed by atoms with E-state index in [1.54, 1.807) is 6.20 Å². The van der Waals surface area contributed by atoms with Gasteiger partial charge >= 0.3 is 0 Å². The standard InChI is InChI=1S/C11H11BrN2O/c12-10-3-1-2-9(6-10)7-13-8-11-4-5-14-15-11/h1-6,13H,7-8H2. The maximum atomic E-state index is 4.97. The fourth-order valence-corrected chi connectivity index (χ4v) is 1.76. The van der Waals surface area contributed by atoms with Gasteiger partial charge in [0.2, 0.25) is 0 Å². The highest BCUT2D eigenvalue weighted by molar-refractivity contribution is 9.10. The van der Waals surface area contributed by atoms with Crippen LogP contribution in [0.1, 0.15) is 11.3 Å². The van der Waals surface area contributed by atoms with Crippen LogP contribution in [0.2, 0.25) is 0 Å². The van der Waals surface area contributed by atoms with Gasteiger partial charge in [-0.3, -0.25) is 0 Å². The highest BCUT2D eigenvalue weighted by atomic mass is 79.9. The molecular weight excluding hydrogens is 256 g/mol. The minimum Gasteiger partial charge on any atom is -0.360 e. The molecule has 0 saturated heterocycles. The van der Waals surface area contributed by atoms with E-state index in [2.05, 4.69) is 38.5 Å². The Hall–Kier alpha value is -1.13. The van der Waals surface area contributed by atoms with E-state index < -0.39 is 0 Å². The number of halogens is 1. The number of aromatic nitrogens is 1. The van der Waals surface area contributed by atoms with Gasteiger partial charge in [-0.15, -0.1) is 0 Å². The average molecular weight is 267 g/mol. The van der Waals surface area contributed by atoms with Gasteiger partial charge in [0, 0.05) is 17.1 Å². The summed E-state index contributed by atoms with van der Waals surface area (Å²) < 4.78 is 6.07. The molecule has 1 N–H and O–H groups in total. The first-order chi connectivity index (χ1) is 7.34. The number of hydrogen-bond acceptors (Lipinski definition) is 3. The second-order valence-corrected chi connectivity index (χ2v) is 4.13. The van der Waals surface area contributed by atoms with Gasteiger partial charge in [-0.1, -0.05) is 33.2 Å². The third-order valence-corrected chi connectivity index (χ3v) is 2.50. The minimum absolute atomic E-state index is 0.701. The lowest BCUT2D eigenvalue weighted by Crippen LogP contribution is -2.11. The summed E-state index contributed by atoms with van der Waals surface area (Å²) in [6.45, 7) is 1.52. The van der Waals surface area contributed by atoms with E-state index in [1.165, 1.54) is 5.56 Å². The Morgan fingerprint density at radius 3 is 2.93 bits per heavy atom. The van der Waals surface area contributed by atoms with E-state index in [9.17, 15) is 0 Å². The van der Waals surface area contributed by atoms with Crippen LogP contribution < -0.4 is 5.32 Å². The van der Waals surface area contributed by atoms with Crippen molar-refractivity contribution in [2.24, 2.45) is 0 Å². The Kier molecular flexibility index (Phi) is 3.53. The predicted molar refractivity (Wildman–Crippen MR) is 61.2 cm³/mol. The van der Waals surface area contributed by atoms with Gasteiger partial charge < -0.3 is 9.84 Å². The SMILES string of the molecule is Brc1cccc(CNCc2ccno2)c1. The molecule has 1 aromatic heterocycles. The van der Waals surface area contributed by atoms with Gasteiger partial charge in [-0.25, -0.2) is 0 Å². The first kappa shape index (κ1) is 10.4. The van der Waals surface area contributed by atoms with Crippen molar-refractivity contribution in [1.82, 2.24) is 10.5 Å². The summed E-state index contributed by atoms with van der Waals surface area (Å²) in [5.74, 6) is 0.852. The monoisotopic (exact) mass is 266 g/mol. The highest BCUT2D eigenvalue weighted by Crippen LogP contribution is 2.11. The fourth-order valence-electron chi connectivity index (χ4n) is 1.31. The van der Waals surface area contributed by atoms with Gasteiger partial charge in [-0.2, -0.15) is 0 Å². The van der Waals surface area contributed by atoms with E-state index in [4.69, 9.17) is 4.52 Å². The Balaban J connectivity index is 1.83. The first-order valence-corrected chi connectivity index (χ1v) is 5.48. The molecule has 3 nitrogen and oxygen atoms in total. The van der Waals surface area contributed by atoms with Crippen molar-refractivity contribution < 1.29 is 4.52 Å². The molecule has 4 heteroatoms. The largest absolute Gasteiger partial charge is 0.360 e. The summed E-state index contributed by atoms with van der Waals surface area (Å²) in [4.78, 5) is 0. The lowest BCUT2D eigenvalue weighted by molar-refractivity contribution is 0.373. The first-order valence-electron chi connectivity index (χ1n) is 4.69. The molecule has 2 aromatic rings. The molecule has 1 aromatic carbocycles. The second kappa shape index (κ2) is 5.09. The fraction of sp³-hybridized carbons (Fsp3) is 0.182. The van der Waals surface area contributed by atoms with Crippen LogP contribution >= 0.6 is 15.9 Å². The van der Waals surface area contributed by atoms with Gasteiger partial charge in [0.15, 0.2) is 0 Å². The molecule has 0 bridgehead atoms. The third kappa shape index (κ3) is 3.18. The molecule has 0 amide bonds. The van der Waals surface area contributed by atoms with Crippen LogP contribution in [-0.2, 0) is 13.1 Å². The lowest BCUT2D eigenvalue weighted by atomic mass is 10.2. The van der Waals surface area contributed by atoms with Crippen molar-refractivity contribution in [3.05, 3.63) is 52.3 Å². The molecule has 0 unspecified atom stereocenters.